The van der Waals surface area contributed by atoms with Gasteiger partial charge in [-0.3, -0.25) is 0 Å². The molecule has 0 amide bonds. The van der Waals surface area contributed by atoms with Gasteiger partial charge in [0.2, 0.25) is 12.4 Å². The van der Waals surface area contributed by atoms with E-state index in [4.69, 9.17) is 10.3 Å². The van der Waals surface area contributed by atoms with Gasteiger partial charge in [0.25, 0.3) is 0 Å². The standard InChI is InChI=1S/C14H10F3N2O.C7H8O3S/c15-14(16,17)11-3-1-2-9(6-11)13-7-10-8-19(18)5-4-12(10)20-13;1-6-2-4-7(5-3-6)11(8,9)10/h1-8H,18H2;2-5H,1H3,(H,8,9,10)/q+1;/p-1. The molecule has 0 saturated heterocycles. The molecule has 31 heavy (non-hydrogen) atoms. The number of hydrogen-bond acceptors (Lipinski definition) is 5. The molecule has 0 saturated carbocycles. The Morgan fingerprint density at radius 3 is 2.32 bits per heavy atom. The maximum atomic E-state index is 12.7. The van der Waals surface area contributed by atoms with Crippen LogP contribution in [-0.2, 0) is 16.3 Å². The second-order valence-electron chi connectivity index (χ2n) is 6.67. The number of aryl methyl sites for hydroxylation is 1. The lowest BCUT2D eigenvalue weighted by Gasteiger charge is -2.07. The molecule has 2 N–H and O–H groups in total. The summed E-state index contributed by atoms with van der Waals surface area (Å²) >= 11 is 0. The Morgan fingerprint density at radius 1 is 1.03 bits per heavy atom. The Labute approximate surface area is 176 Å². The van der Waals surface area contributed by atoms with E-state index >= 15 is 0 Å². The van der Waals surface area contributed by atoms with Crippen molar-refractivity contribution in [1.82, 2.24) is 0 Å². The van der Waals surface area contributed by atoms with Gasteiger partial charge in [0.05, 0.1) is 15.8 Å². The van der Waals surface area contributed by atoms with Crippen LogP contribution in [-0.4, -0.2) is 13.0 Å². The van der Waals surface area contributed by atoms with E-state index in [2.05, 4.69) is 0 Å². The number of halogens is 3. The SMILES string of the molecule is Cc1ccc(S(=O)(=O)[O-])cc1.N[n+]1ccc2oc(-c3cccc(C(F)(F)F)c3)cc2c1. The zero-order valence-corrected chi connectivity index (χ0v) is 16.9. The predicted molar refractivity (Wildman–Crippen MR) is 106 cm³/mol. The van der Waals surface area contributed by atoms with Crippen molar-refractivity contribution in [3.8, 4) is 11.3 Å². The first-order chi connectivity index (χ1) is 14.4. The van der Waals surface area contributed by atoms with E-state index in [-0.39, 0.29) is 4.90 Å². The summed E-state index contributed by atoms with van der Waals surface area (Å²) in [5, 5.41) is 0.724. The van der Waals surface area contributed by atoms with Gasteiger partial charge in [-0.25, -0.2) is 14.3 Å². The fraction of sp³-hybridized carbons (Fsp3) is 0.0952. The Balaban J connectivity index is 0.000000210. The molecule has 0 spiro atoms. The third-order valence-corrected chi connectivity index (χ3v) is 5.11. The number of alkyl halides is 3. The van der Waals surface area contributed by atoms with Gasteiger partial charge in [0.1, 0.15) is 21.5 Å². The van der Waals surface area contributed by atoms with Gasteiger partial charge < -0.3 is 8.97 Å². The fourth-order valence-electron chi connectivity index (χ4n) is 2.70. The van der Waals surface area contributed by atoms with Gasteiger partial charge in [-0.2, -0.15) is 13.2 Å². The molecule has 0 radical (unpaired) electrons. The lowest BCUT2D eigenvalue weighted by Crippen LogP contribution is -2.43. The topological polar surface area (TPSA) is 100 Å². The van der Waals surface area contributed by atoms with Gasteiger partial charge in [-0.15, -0.1) is 0 Å². The van der Waals surface area contributed by atoms with Gasteiger partial charge in [0.15, 0.2) is 0 Å². The van der Waals surface area contributed by atoms with E-state index in [1.165, 1.54) is 22.9 Å². The number of nitrogens with two attached hydrogens (primary N) is 1. The van der Waals surface area contributed by atoms with E-state index in [9.17, 15) is 26.1 Å². The molecule has 0 aliphatic carbocycles. The van der Waals surface area contributed by atoms with Crippen molar-refractivity contribution in [2.75, 3.05) is 5.84 Å². The van der Waals surface area contributed by atoms with Crippen LogP contribution in [0.15, 0.2) is 82.4 Å². The third kappa shape index (κ3) is 5.62. The molecular formula is C21H17F3N2O4S. The Hall–Kier alpha value is -3.37. The highest BCUT2D eigenvalue weighted by Gasteiger charge is 2.30. The summed E-state index contributed by atoms with van der Waals surface area (Å²) < 4.78 is 76.1. The Kier molecular flexibility index (Phi) is 6.05. The van der Waals surface area contributed by atoms with Crippen molar-refractivity contribution in [2.24, 2.45) is 0 Å². The molecule has 4 aromatic rings. The minimum absolute atomic E-state index is 0.178. The fourth-order valence-corrected chi connectivity index (χ4v) is 3.17. The maximum absolute atomic E-state index is 12.7. The lowest BCUT2D eigenvalue weighted by atomic mass is 10.1. The van der Waals surface area contributed by atoms with Gasteiger partial charge in [-0.05, 0) is 37.3 Å². The molecule has 0 fully saturated rings. The normalized spacial score (nSPS) is 11.8. The van der Waals surface area contributed by atoms with Crippen LogP contribution in [0.3, 0.4) is 0 Å². The van der Waals surface area contributed by atoms with E-state index < -0.39 is 21.9 Å². The first kappa shape index (κ1) is 22.3. The van der Waals surface area contributed by atoms with E-state index in [1.54, 1.807) is 42.7 Å². The predicted octanol–water partition coefficient (Wildman–Crippen LogP) is 4.02. The number of nitrogens with zero attached hydrogens (tertiary/aromatic N) is 1. The van der Waals surface area contributed by atoms with Crippen LogP contribution >= 0.6 is 0 Å². The number of hydrogen-bond donors (Lipinski definition) is 1. The van der Waals surface area contributed by atoms with E-state index in [0.29, 0.717) is 16.9 Å². The Morgan fingerprint density at radius 2 is 1.71 bits per heavy atom. The maximum Gasteiger partial charge on any atom is 0.416 e. The molecule has 2 aromatic carbocycles. The smallest absolute Gasteiger partial charge is 0.416 e. The highest BCUT2D eigenvalue weighted by Crippen LogP contribution is 2.33. The van der Waals surface area contributed by atoms with Crippen LogP contribution < -0.4 is 10.5 Å². The molecule has 162 valence electrons. The van der Waals surface area contributed by atoms with Crippen molar-refractivity contribution in [3.63, 3.8) is 0 Å². The molecule has 0 aliphatic heterocycles. The van der Waals surface area contributed by atoms with Crippen LogP contribution in [0.25, 0.3) is 22.3 Å². The first-order valence-electron chi connectivity index (χ1n) is 8.83. The number of benzene rings is 2. The molecule has 2 heterocycles. The molecule has 10 heteroatoms. The summed E-state index contributed by atoms with van der Waals surface area (Å²) in [6.07, 6.45) is -1.14. The molecule has 0 atom stereocenters. The van der Waals surface area contributed by atoms with Crippen LogP contribution in [0.2, 0.25) is 0 Å². The van der Waals surface area contributed by atoms with Crippen LogP contribution in [0.5, 0.6) is 0 Å². The lowest BCUT2D eigenvalue weighted by molar-refractivity contribution is -0.637. The van der Waals surface area contributed by atoms with Crippen LogP contribution in [0, 0.1) is 6.92 Å². The average molecular weight is 450 g/mol. The van der Waals surface area contributed by atoms with Crippen molar-refractivity contribution in [1.29, 1.82) is 0 Å². The number of furan rings is 1. The number of aromatic nitrogens is 1. The van der Waals surface area contributed by atoms with Crippen molar-refractivity contribution in [2.45, 2.75) is 18.0 Å². The summed E-state index contributed by atoms with van der Waals surface area (Å²) in [5.41, 5.74) is 1.17. The van der Waals surface area contributed by atoms with E-state index in [1.807, 2.05) is 6.92 Å². The molecule has 4 rings (SSSR count). The second kappa shape index (κ2) is 8.40. The molecule has 6 nitrogen and oxygen atoms in total. The zero-order chi connectivity index (χ0) is 22.8. The van der Waals surface area contributed by atoms with Crippen molar-refractivity contribution in [3.05, 3.63) is 84.2 Å². The second-order valence-corrected chi connectivity index (χ2v) is 8.05. The summed E-state index contributed by atoms with van der Waals surface area (Å²) in [7, 11) is -4.27. The zero-order valence-electron chi connectivity index (χ0n) is 16.1. The van der Waals surface area contributed by atoms with Gasteiger partial charge >= 0.3 is 6.18 Å². The third-order valence-electron chi connectivity index (χ3n) is 4.26. The quantitative estimate of drug-likeness (QED) is 0.282. The monoisotopic (exact) mass is 450 g/mol. The molecule has 2 aromatic heterocycles. The summed E-state index contributed by atoms with van der Waals surface area (Å²) in [4.78, 5) is -0.178. The van der Waals surface area contributed by atoms with E-state index in [0.717, 1.165) is 23.1 Å². The summed E-state index contributed by atoms with van der Waals surface area (Å²) in [5.74, 6) is 5.95. The number of nitrogen functional groups attached to an aromatic ring is 1. The summed E-state index contributed by atoms with van der Waals surface area (Å²) in [6.45, 7) is 1.82. The van der Waals surface area contributed by atoms with Crippen molar-refractivity contribution >= 4 is 21.1 Å². The largest absolute Gasteiger partial charge is 0.744 e. The van der Waals surface area contributed by atoms with Gasteiger partial charge in [-0.1, -0.05) is 34.5 Å². The highest BCUT2D eigenvalue weighted by atomic mass is 32.2. The number of rotatable bonds is 2. The minimum Gasteiger partial charge on any atom is -0.744 e. The number of fused-ring (bicyclic) bond motifs is 1. The van der Waals surface area contributed by atoms with Gasteiger partial charge in [0, 0.05) is 11.6 Å². The summed E-state index contributed by atoms with van der Waals surface area (Å²) in [6, 6.07) is 14.1. The van der Waals surface area contributed by atoms with Crippen LogP contribution in [0.4, 0.5) is 13.2 Å². The average Bonchev–Trinajstić information content (AvgIpc) is 3.11. The molecule has 0 bridgehead atoms. The number of pyridine rings is 1. The van der Waals surface area contributed by atoms with Crippen molar-refractivity contribution < 1.29 is 35.2 Å². The molecule has 0 unspecified atom stereocenters. The Bertz CT molecular complexity index is 1310. The van der Waals surface area contributed by atoms with Crippen LogP contribution in [0.1, 0.15) is 11.1 Å². The highest BCUT2D eigenvalue weighted by molar-refractivity contribution is 7.85. The first-order valence-corrected chi connectivity index (χ1v) is 10.2. The molecular weight excluding hydrogens is 433 g/mol. The minimum atomic E-state index is -4.37. The molecule has 0 aliphatic rings.